The molecule has 6 heteroatoms. The zero-order valence-electron chi connectivity index (χ0n) is 49.3. The Morgan fingerprint density at radius 3 is 0.813 bits per heavy atom. The van der Waals surface area contributed by atoms with Crippen molar-refractivity contribution in [2.45, 2.75) is 309 Å². The number of carbonyl (C=O) groups is 3. The van der Waals surface area contributed by atoms with Crippen molar-refractivity contribution >= 4 is 17.9 Å². The minimum Gasteiger partial charge on any atom is -0.462 e. The van der Waals surface area contributed by atoms with Crippen LogP contribution in [0.1, 0.15) is 303 Å². The van der Waals surface area contributed by atoms with E-state index in [0.717, 1.165) is 122 Å². The normalized spacial score (nSPS) is 12.7. The lowest BCUT2D eigenvalue weighted by atomic mass is 10.0. The van der Waals surface area contributed by atoms with E-state index in [9.17, 15) is 14.4 Å². The largest absolute Gasteiger partial charge is 0.462 e. The van der Waals surface area contributed by atoms with E-state index < -0.39 is 6.10 Å². The first kappa shape index (κ1) is 71.3. The summed E-state index contributed by atoms with van der Waals surface area (Å²) >= 11 is 0. The smallest absolute Gasteiger partial charge is 0.306 e. The molecule has 0 amide bonds. The average molecular weight is 1040 g/mol. The lowest BCUT2D eigenvalue weighted by Crippen LogP contribution is -2.30. The molecule has 0 fully saturated rings. The molecule has 0 bridgehead atoms. The maximum atomic E-state index is 12.8. The first-order valence-electron chi connectivity index (χ1n) is 31.7. The third kappa shape index (κ3) is 61.1. The molecule has 75 heavy (non-hydrogen) atoms. The van der Waals surface area contributed by atoms with Crippen LogP contribution in [0.3, 0.4) is 0 Å². The highest BCUT2D eigenvalue weighted by Gasteiger charge is 2.19. The van der Waals surface area contributed by atoms with Gasteiger partial charge in [0.25, 0.3) is 0 Å². The molecule has 6 nitrogen and oxygen atoms in total. The number of rotatable bonds is 57. The SMILES string of the molecule is CC/C=C\C/C=C\C/C=C\C/C=C\C/C=C\CCCCCCCCCCCCCCCCCC(=O)OCC(COC(=O)CCCCCCC)OC(=O)CCCCCCCC/C=C\C/C=C\C/C=C\CCCCCCC. The molecule has 0 N–H and O–H groups in total. The zero-order valence-corrected chi connectivity index (χ0v) is 49.3. The summed E-state index contributed by atoms with van der Waals surface area (Å²) in [5.41, 5.74) is 0. The van der Waals surface area contributed by atoms with E-state index in [0.29, 0.717) is 19.3 Å². The second-order valence-corrected chi connectivity index (χ2v) is 20.9. The van der Waals surface area contributed by atoms with E-state index in [1.165, 1.54) is 141 Å². The van der Waals surface area contributed by atoms with Gasteiger partial charge >= 0.3 is 17.9 Å². The lowest BCUT2D eigenvalue weighted by Gasteiger charge is -2.18. The van der Waals surface area contributed by atoms with Crippen LogP contribution >= 0.6 is 0 Å². The molecular formula is C69H118O6. The standard InChI is InChI=1S/C69H118O6/c1-4-7-10-13-15-17-19-21-23-25-27-29-30-31-32-33-34-35-36-37-38-40-41-43-45-47-49-51-53-56-59-62-68(71)74-65-66(64-73-67(70)61-58-55-12-9-6-3)75-69(72)63-60-57-54-52-50-48-46-44-42-39-28-26-24-22-20-18-16-14-11-8-5-2/h7,10,15,17,20-23,26-29,31-32,42,44,66H,4-6,8-9,11-14,16,18-19,24-25,30,33-41,43,45-65H2,1-3H3/b10-7-,17-15-,22-20-,23-21-,28-26-,29-27-,32-31-,44-42-. The summed E-state index contributed by atoms with van der Waals surface area (Å²) in [6, 6.07) is 0. The minimum absolute atomic E-state index is 0.0812. The second kappa shape index (κ2) is 62.9. The number of hydrogen-bond donors (Lipinski definition) is 0. The van der Waals surface area contributed by atoms with E-state index in [1.807, 2.05) is 0 Å². The second-order valence-electron chi connectivity index (χ2n) is 20.9. The number of ether oxygens (including phenoxy) is 3. The van der Waals surface area contributed by atoms with Gasteiger partial charge in [0.1, 0.15) is 13.2 Å². The fourth-order valence-corrected chi connectivity index (χ4v) is 8.83. The van der Waals surface area contributed by atoms with E-state index in [1.54, 1.807) is 0 Å². The number of hydrogen-bond acceptors (Lipinski definition) is 6. The first-order chi connectivity index (χ1) is 37.0. The third-order valence-electron chi connectivity index (χ3n) is 13.6. The monoisotopic (exact) mass is 1040 g/mol. The maximum absolute atomic E-state index is 12.8. The Hall–Kier alpha value is -3.67. The Balaban J connectivity index is 4.03. The van der Waals surface area contributed by atoms with E-state index in [-0.39, 0.29) is 31.1 Å². The van der Waals surface area contributed by atoms with Gasteiger partial charge in [0.15, 0.2) is 6.10 Å². The highest BCUT2D eigenvalue weighted by atomic mass is 16.6. The number of allylic oxidation sites excluding steroid dienone is 16. The minimum atomic E-state index is -0.781. The summed E-state index contributed by atoms with van der Waals surface area (Å²) in [6.07, 6.45) is 84.6. The third-order valence-corrected chi connectivity index (χ3v) is 13.6. The Bertz CT molecular complexity index is 1480. The molecule has 0 aromatic carbocycles. The van der Waals surface area contributed by atoms with E-state index in [4.69, 9.17) is 14.2 Å². The van der Waals surface area contributed by atoms with Gasteiger partial charge in [0.2, 0.25) is 0 Å². The number of esters is 3. The molecule has 0 aliphatic carbocycles. The predicted molar refractivity (Wildman–Crippen MR) is 325 cm³/mol. The van der Waals surface area contributed by atoms with E-state index in [2.05, 4.69) is 118 Å². The number of carbonyl (C=O) groups excluding carboxylic acids is 3. The van der Waals surface area contributed by atoms with Crippen molar-refractivity contribution in [1.29, 1.82) is 0 Å². The highest BCUT2D eigenvalue weighted by Crippen LogP contribution is 2.16. The van der Waals surface area contributed by atoms with Crippen LogP contribution < -0.4 is 0 Å². The van der Waals surface area contributed by atoms with Crippen molar-refractivity contribution in [3.63, 3.8) is 0 Å². The molecule has 0 aromatic heterocycles. The van der Waals surface area contributed by atoms with Gasteiger partial charge < -0.3 is 14.2 Å². The highest BCUT2D eigenvalue weighted by molar-refractivity contribution is 5.71. The van der Waals surface area contributed by atoms with Crippen LogP contribution in [-0.4, -0.2) is 37.2 Å². The van der Waals surface area contributed by atoms with Crippen LogP contribution in [0, 0.1) is 0 Å². The van der Waals surface area contributed by atoms with Crippen molar-refractivity contribution in [2.75, 3.05) is 13.2 Å². The Morgan fingerprint density at radius 2 is 0.520 bits per heavy atom. The van der Waals surface area contributed by atoms with Gasteiger partial charge in [-0.1, -0.05) is 279 Å². The quantitative estimate of drug-likeness (QED) is 0.0261. The summed E-state index contributed by atoms with van der Waals surface area (Å²) in [5.74, 6) is -0.901. The summed E-state index contributed by atoms with van der Waals surface area (Å²) in [4.78, 5) is 37.9. The molecule has 0 saturated carbocycles. The summed E-state index contributed by atoms with van der Waals surface area (Å²) in [5, 5.41) is 0. The molecule has 0 heterocycles. The van der Waals surface area contributed by atoms with Crippen molar-refractivity contribution in [2.24, 2.45) is 0 Å². The summed E-state index contributed by atoms with van der Waals surface area (Å²) in [6.45, 7) is 6.44. The molecule has 430 valence electrons. The van der Waals surface area contributed by atoms with Crippen LogP contribution in [0.2, 0.25) is 0 Å². The van der Waals surface area contributed by atoms with Crippen LogP contribution in [0.4, 0.5) is 0 Å². The van der Waals surface area contributed by atoms with Gasteiger partial charge in [-0.25, -0.2) is 0 Å². The van der Waals surface area contributed by atoms with Crippen LogP contribution in [-0.2, 0) is 28.6 Å². The van der Waals surface area contributed by atoms with Gasteiger partial charge in [0, 0.05) is 19.3 Å². The van der Waals surface area contributed by atoms with E-state index >= 15 is 0 Å². The fraction of sp³-hybridized carbons (Fsp3) is 0.725. The average Bonchev–Trinajstić information content (AvgIpc) is 3.41. The summed E-state index contributed by atoms with van der Waals surface area (Å²) < 4.78 is 16.8. The van der Waals surface area contributed by atoms with Gasteiger partial charge in [-0.15, -0.1) is 0 Å². The number of unbranched alkanes of at least 4 members (excludes halogenated alkanes) is 30. The fourth-order valence-electron chi connectivity index (χ4n) is 8.83. The van der Waals surface area contributed by atoms with Crippen molar-refractivity contribution in [3.05, 3.63) is 97.2 Å². The Kier molecular flexibility index (Phi) is 59.8. The zero-order chi connectivity index (χ0) is 54.3. The molecule has 1 unspecified atom stereocenters. The van der Waals surface area contributed by atoms with Gasteiger partial charge in [-0.05, 0) is 103 Å². The van der Waals surface area contributed by atoms with Crippen LogP contribution in [0.25, 0.3) is 0 Å². The molecular weight excluding hydrogens is 925 g/mol. The summed E-state index contributed by atoms with van der Waals surface area (Å²) in [7, 11) is 0. The molecule has 0 rings (SSSR count). The maximum Gasteiger partial charge on any atom is 0.306 e. The molecule has 0 radical (unpaired) electrons. The Morgan fingerprint density at radius 1 is 0.280 bits per heavy atom. The van der Waals surface area contributed by atoms with Crippen molar-refractivity contribution < 1.29 is 28.6 Å². The molecule has 0 aliphatic heterocycles. The lowest BCUT2D eigenvalue weighted by molar-refractivity contribution is -0.167. The topological polar surface area (TPSA) is 78.9 Å². The Labute approximate surface area is 464 Å². The van der Waals surface area contributed by atoms with Crippen LogP contribution in [0.5, 0.6) is 0 Å². The molecule has 1 atom stereocenters. The van der Waals surface area contributed by atoms with Gasteiger partial charge in [-0.2, -0.15) is 0 Å². The predicted octanol–water partition coefficient (Wildman–Crippen LogP) is 21.7. The van der Waals surface area contributed by atoms with Crippen molar-refractivity contribution in [1.82, 2.24) is 0 Å². The molecule has 0 spiro atoms. The molecule has 0 aromatic rings. The van der Waals surface area contributed by atoms with Crippen LogP contribution in [0.15, 0.2) is 97.2 Å². The molecule has 0 aliphatic rings. The van der Waals surface area contributed by atoms with Gasteiger partial charge in [0.05, 0.1) is 0 Å². The first-order valence-corrected chi connectivity index (χ1v) is 31.7. The van der Waals surface area contributed by atoms with Gasteiger partial charge in [-0.3, -0.25) is 14.4 Å². The molecule has 0 saturated heterocycles. The van der Waals surface area contributed by atoms with Crippen molar-refractivity contribution in [3.8, 4) is 0 Å².